The summed E-state index contributed by atoms with van der Waals surface area (Å²) in [4.78, 5) is 21.5. The molecule has 1 aromatic heterocycles. The highest BCUT2D eigenvalue weighted by Gasteiger charge is 2.33. The first-order valence-corrected chi connectivity index (χ1v) is 9.89. The molecule has 152 valence electrons. The van der Waals surface area contributed by atoms with Gasteiger partial charge in [-0.15, -0.1) is 24.0 Å². The molecule has 1 N–H and O–H groups in total. The Morgan fingerprint density at radius 2 is 2.04 bits per heavy atom. The van der Waals surface area contributed by atoms with Crippen LogP contribution in [-0.4, -0.2) is 59.3 Å². The summed E-state index contributed by atoms with van der Waals surface area (Å²) in [6, 6.07) is 0. The van der Waals surface area contributed by atoms with E-state index < -0.39 is 0 Å². The molecule has 0 aromatic carbocycles. The van der Waals surface area contributed by atoms with Crippen LogP contribution in [0.4, 0.5) is 5.69 Å². The third-order valence-electron chi connectivity index (χ3n) is 5.84. The molecule has 0 radical (unpaired) electrons. The fourth-order valence-electron chi connectivity index (χ4n) is 4.09. The zero-order valence-electron chi connectivity index (χ0n) is 16.8. The first kappa shape index (κ1) is 22.0. The smallest absolute Gasteiger partial charge is 0.246 e. The fourth-order valence-corrected chi connectivity index (χ4v) is 4.09. The van der Waals surface area contributed by atoms with Crippen LogP contribution >= 0.6 is 24.0 Å². The Balaban J connectivity index is 0.00000261. The van der Waals surface area contributed by atoms with Gasteiger partial charge in [-0.05, 0) is 31.6 Å². The molecule has 1 amide bonds. The molecule has 2 fully saturated rings. The Hall–Kier alpha value is -1.32. The van der Waals surface area contributed by atoms with Gasteiger partial charge in [0, 0.05) is 39.4 Å². The van der Waals surface area contributed by atoms with Crippen molar-refractivity contribution in [2.24, 2.45) is 17.5 Å². The number of carbonyl (C=O) groups excluding carboxylic acids is 1. The van der Waals surface area contributed by atoms with Crippen molar-refractivity contribution in [1.29, 1.82) is 0 Å². The molecule has 1 aromatic rings. The Morgan fingerprint density at radius 1 is 1.30 bits per heavy atom. The molecule has 27 heavy (non-hydrogen) atoms. The van der Waals surface area contributed by atoms with E-state index in [0.717, 1.165) is 31.3 Å². The number of hydrogen-bond acceptors (Lipinski definition) is 3. The van der Waals surface area contributed by atoms with Gasteiger partial charge in [-0.2, -0.15) is 5.10 Å². The van der Waals surface area contributed by atoms with Gasteiger partial charge in [0.05, 0.1) is 11.9 Å². The molecule has 1 saturated carbocycles. The number of aryl methyl sites for hydroxylation is 1. The van der Waals surface area contributed by atoms with Gasteiger partial charge in [-0.25, -0.2) is 0 Å². The molecule has 2 heterocycles. The molecule has 0 spiro atoms. The van der Waals surface area contributed by atoms with Crippen molar-refractivity contribution >= 4 is 41.5 Å². The number of aliphatic imine (C=N–C) groups is 1. The van der Waals surface area contributed by atoms with Gasteiger partial charge >= 0.3 is 0 Å². The number of nitrogens with zero attached hydrogens (tertiary/aromatic N) is 5. The summed E-state index contributed by atoms with van der Waals surface area (Å²) >= 11 is 0. The molecule has 7 nitrogen and oxygen atoms in total. The Labute approximate surface area is 179 Å². The number of anilines is 1. The maximum absolute atomic E-state index is 12.7. The minimum Gasteiger partial charge on any atom is -0.357 e. The van der Waals surface area contributed by atoms with Crippen molar-refractivity contribution in [3.8, 4) is 0 Å². The van der Waals surface area contributed by atoms with Crippen molar-refractivity contribution in [3.63, 3.8) is 0 Å². The molecular weight excluding hydrogens is 455 g/mol. The number of hydrogen-bond donors (Lipinski definition) is 1. The van der Waals surface area contributed by atoms with Crippen LogP contribution < -0.4 is 10.2 Å². The number of aromatic nitrogens is 2. The lowest BCUT2D eigenvalue weighted by atomic mass is 9.83. The monoisotopic (exact) mass is 488 g/mol. The van der Waals surface area contributed by atoms with Crippen molar-refractivity contribution in [2.75, 3.05) is 37.6 Å². The molecular formula is C19H33IN6O. The maximum atomic E-state index is 12.7. The summed E-state index contributed by atoms with van der Waals surface area (Å²) in [5, 5.41) is 7.56. The quantitative estimate of drug-likeness (QED) is 0.393. The highest BCUT2D eigenvalue weighted by atomic mass is 127. The summed E-state index contributed by atoms with van der Waals surface area (Å²) in [6.45, 7) is 7.84. The number of guanidine groups is 1. The largest absolute Gasteiger partial charge is 0.357 e. The van der Waals surface area contributed by atoms with Gasteiger partial charge in [-0.3, -0.25) is 14.5 Å². The van der Waals surface area contributed by atoms with Crippen LogP contribution in [0.2, 0.25) is 0 Å². The predicted molar refractivity (Wildman–Crippen MR) is 120 cm³/mol. The lowest BCUT2D eigenvalue weighted by molar-refractivity contribution is -0.120. The van der Waals surface area contributed by atoms with Crippen LogP contribution in [-0.2, 0) is 11.8 Å². The van der Waals surface area contributed by atoms with Gasteiger partial charge < -0.3 is 15.1 Å². The Kier molecular flexibility index (Phi) is 7.93. The third kappa shape index (κ3) is 5.14. The van der Waals surface area contributed by atoms with E-state index in [-0.39, 0.29) is 29.9 Å². The second-order valence-corrected chi connectivity index (χ2v) is 7.57. The highest BCUT2D eigenvalue weighted by Crippen LogP contribution is 2.41. The van der Waals surface area contributed by atoms with Gasteiger partial charge in [0.1, 0.15) is 6.54 Å². The summed E-state index contributed by atoms with van der Waals surface area (Å²) in [5.74, 6) is 0.979. The molecule has 0 atom stereocenters. The van der Waals surface area contributed by atoms with E-state index in [1.807, 2.05) is 18.1 Å². The number of halogens is 1. The van der Waals surface area contributed by atoms with Crippen molar-refractivity contribution in [2.45, 2.75) is 46.0 Å². The molecule has 1 saturated heterocycles. The number of piperazine rings is 1. The minimum atomic E-state index is 0. The van der Waals surface area contributed by atoms with Crippen LogP contribution in [0.5, 0.6) is 0 Å². The SMILES string of the molecule is CCNC(=NCC1(CC)CCCC1)N1CCN(c2cnn(C)c2)C(=O)C1.I. The van der Waals surface area contributed by atoms with Crippen molar-refractivity contribution in [3.05, 3.63) is 12.4 Å². The predicted octanol–water partition coefficient (Wildman–Crippen LogP) is 2.62. The number of amides is 1. The van der Waals surface area contributed by atoms with E-state index in [9.17, 15) is 4.79 Å². The summed E-state index contributed by atoms with van der Waals surface area (Å²) in [7, 11) is 1.87. The Morgan fingerprint density at radius 3 is 2.59 bits per heavy atom. The third-order valence-corrected chi connectivity index (χ3v) is 5.84. The lowest BCUT2D eigenvalue weighted by Gasteiger charge is -2.36. The fraction of sp³-hybridized carbons (Fsp3) is 0.737. The zero-order chi connectivity index (χ0) is 18.6. The minimum absolute atomic E-state index is 0. The van der Waals surface area contributed by atoms with Crippen LogP contribution in [0.1, 0.15) is 46.0 Å². The van der Waals surface area contributed by atoms with Gasteiger partial charge in [0.2, 0.25) is 5.91 Å². The second-order valence-electron chi connectivity index (χ2n) is 7.57. The average Bonchev–Trinajstić information content (AvgIpc) is 3.28. The number of nitrogens with one attached hydrogen (secondary N) is 1. The molecule has 8 heteroatoms. The average molecular weight is 488 g/mol. The Bertz CT molecular complexity index is 652. The van der Waals surface area contributed by atoms with E-state index in [4.69, 9.17) is 4.99 Å². The first-order chi connectivity index (χ1) is 12.6. The molecule has 2 aliphatic rings. The summed E-state index contributed by atoms with van der Waals surface area (Å²) in [5.41, 5.74) is 1.23. The molecule has 3 rings (SSSR count). The van der Waals surface area contributed by atoms with E-state index in [2.05, 4.69) is 29.2 Å². The maximum Gasteiger partial charge on any atom is 0.246 e. The highest BCUT2D eigenvalue weighted by molar-refractivity contribution is 14.0. The topological polar surface area (TPSA) is 65.8 Å². The van der Waals surface area contributed by atoms with Crippen LogP contribution in [0.15, 0.2) is 17.4 Å². The summed E-state index contributed by atoms with van der Waals surface area (Å²) in [6.07, 6.45) is 10.0. The standard InChI is InChI=1S/C19H32N6O.HI/c1-4-19(8-6-7-9-19)15-21-18(20-5-2)24-10-11-25(17(26)14-24)16-12-22-23(3)13-16;/h12-13H,4-11,14-15H2,1-3H3,(H,20,21);1H. The van der Waals surface area contributed by atoms with Gasteiger partial charge in [0.15, 0.2) is 5.96 Å². The molecule has 0 unspecified atom stereocenters. The normalized spacial score (nSPS) is 20.0. The van der Waals surface area contributed by atoms with E-state index >= 15 is 0 Å². The number of carbonyl (C=O) groups is 1. The molecule has 0 bridgehead atoms. The van der Waals surface area contributed by atoms with Gasteiger partial charge in [-0.1, -0.05) is 19.8 Å². The van der Waals surface area contributed by atoms with Crippen LogP contribution in [0.25, 0.3) is 0 Å². The second kappa shape index (κ2) is 9.75. The first-order valence-electron chi connectivity index (χ1n) is 9.89. The van der Waals surface area contributed by atoms with E-state index in [1.54, 1.807) is 10.9 Å². The molecule has 1 aliphatic heterocycles. The van der Waals surface area contributed by atoms with Crippen molar-refractivity contribution < 1.29 is 4.79 Å². The van der Waals surface area contributed by atoms with Crippen LogP contribution in [0, 0.1) is 5.41 Å². The zero-order valence-corrected chi connectivity index (χ0v) is 19.1. The summed E-state index contributed by atoms with van der Waals surface area (Å²) < 4.78 is 1.73. The van der Waals surface area contributed by atoms with Crippen molar-refractivity contribution in [1.82, 2.24) is 20.0 Å². The lowest BCUT2D eigenvalue weighted by Crippen LogP contribution is -2.55. The number of rotatable bonds is 5. The van der Waals surface area contributed by atoms with E-state index in [0.29, 0.717) is 18.5 Å². The molecule has 1 aliphatic carbocycles. The van der Waals surface area contributed by atoms with Gasteiger partial charge in [0.25, 0.3) is 0 Å². The van der Waals surface area contributed by atoms with E-state index in [1.165, 1.54) is 32.1 Å². The van der Waals surface area contributed by atoms with Crippen LogP contribution in [0.3, 0.4) is 0 Å².